The molecule has 1 amide bonds. The van der Waals surface area contributed by atoms with Crippen LogP contribution in [0.1, 0.15) is 24.2 Å². The molecule has 28 heavy (non-hydrogen) atoms. The van der Waals surface area contributed by atoms with Crippen LogP contribution in [0.3, 0.4) is 0 Å². The number of methoxy groups -OCH3 is 1. The Morgan fingerprint density at radius 2 is 2.00 bits per heavy atom. The molecule has 0 spiro atoms. The molecule has 0 radical (unpaired) electrons. The maximum absolute atomic E-state index is 12.3. The Kier molecular flexibility index (Phi) is 7.70. The highest BCUT2D eigenvalue weighted by Gasteiger charge is 2.27. The number of rotatable bonds is 8. The van der Waals surface area contributed by atoms with Crippen molar-refractivity contribution in [2.75, 3.05) is 45.3 Å². The maximum atomic E-state index is 12.3. The van der Waals surface area contributed by atoms with Crippen molar-refractivity contribution in [1.82, 2.24) is 4.90 Å². The molecule has 2 atom stereocenters. The third-order valence-corrected chi connectivity index (χ3v) is 4.15. The lowest BCUT2D eigenvalue weighted by molar-refractivity contribution is -0.384. The highest BCUT2D eigenvalue weighted by Crippen LogP contribution is 2.25. The van der Waals surface area contributed by atoms with E-state index < -0.39 is 17.5 Å². The van der Waals surface area contributed by atoms with Crippen LogP contribution in [0.2, 0.25) is 0 Å². The van der Waals surface area contributed by atoms with Crippen LogP contribution in [0, 0.1) is 10.1 Å². The summed E-state index contributed by atoms with van der Waals surface area (Å²) in [7, 11) is 1.52. The number of anilines is 1. The second kappa shape index (κ2) is 10.00. The molecule has 1 aromatic carbocycles. The number of nitro groups is 1. The quantitative estimate of drug-likeness (QED) is 0.304. The lowest BCUT2D eigenvalue weighted by Gasteiger charge is -2.35. The van der Waals surface area contributed by atoms with Crippen LogP contribution in [-0.2, 0) is 19.0 Å². The summed E-state index contributed by atoms with van der Waals surface area (Å²) in [6.07, 6.45) is -0.187. The minimum atomic E-state index is -0.797. The van der Waals surface area contributed by atoms with E-state index in [1.165, 1.54) is 19.2 Å². The molecule has 1 heterocycles. The van der Waals surface area contributed by atoms with Gasteiger partial charge in [-0.15, -0.1) is 0 Å². The first-order valence-electron chi connectivity index (χ1n) is 8.93. The molecule has 10 heteroatoms. The van der Waals surface area contributed by atoms with Crippen molar-refractivity contribution in [2.45, 2.75) is 26.1 Å². The van der Waals surface area contributed by atoms with Crippen molar-refractivity contribution in [3.63, 3.8) is 0 Å². The third kappa shape index (κ3) is 5.89. The molecule has 10 nitrogen and oxygen atoms in total. The van der Waals surface area contributed by atoms with Crippen LogP contribution in [0.25, 0.3) is 0 Å². The summed E-state index contributed by atoms with van der Waals surface area (Å²) in [5.74, 6) is -1.13. The summed E-state index contributed by atoms with van der Waals surface area (Å²) in [5.41, 5.74) is 0.0131. The van der Waals surface area contributed by atoms with Crippen molar-refractivity contribution in [3.8, 4) is 0 Å². The van der Waals surface area contributed by atoms with Gasteiger partial charge in [-0.25, -0.2) is 4.79 Å². The standard InChI is InChI=1S/C18H25N3O7/c1-12-9-20(10-13(2)28-12)17(22)11-27-18(23)14-4-5-15(19-6-7-26-3)16(8-14)21(24)25/h4-5,8,12-13,19H,6-7,9-11H2,1-3H3/t12-,13+. The van der Waals surface area contributed by atoms with E-state index in [4.69, 9.17) is 14.2 Å². The Balaban J connectivity index is 1.98. The molecule has 2 rings (SSSR count). The number of ether oxygens (including phenoxy) is 3. The summed E-state index contributed by atoms with van der Waals surface area (Å²) in [6, 6.07) is 3.96. The lowest BCUT2D eigenvalue weighted by Crippen LogP contribution is -2.49. The molecule has 0 saturated carbocycles. The summed E-state index contributed by atoms with van der Waals surface area (Å²) >= 11 is 0. The number of nitrogens with one attached hydrogen (secondary N) is 1. The van der Waals surface area contributed by atoms with Crippen LogP contribution in [0.5, 0.6) is 0 Å². The van der Waals surface area contributed by atoms with Gasteiger partial charge in [0.15, 0.2) is 6.61 Å². The summed E-state index contributed by atoms with van der Waals surface area (Å²) in [5, 5.41) is 14.1. The fraction of sp³-hybridized carbons (Fsp3) is 0.556. The summed E-state index contributed by atoms with van der Waals surface area (Å²) in [6.45, 7) is 4.91. The van der Waals surface area contributed by atoms with Gasteiger partial charge >= 0.3 is 5.97 Å². The van der Waals surface area contributed by atoms with Gasteiger partial charge in [0, 0.05) is 32.8 Å². The molecule has 1 fully saturated rings. The molecule has 1 aliphatic heterocycles. The molecule has 0 aliphatic carbocycles. The molecular weight excluding hydrogens is 370 g/mol. The van der Waals surface area contributed by atoms with Gasteiger partial charge in [0.2, 0.25) is 0 Å². The van der Waals surface area contributed by atoms with Gasteiger partial charge in [0.25, 0.3) is 11.6 Å². The first-order chi connectivity index (χ1) is 13.3. The van der Waals surface area contributed by atoms with Gasteiger partial charge in [-0.3, -0.25) is 14.9 Å². The molecule has 0 unspecified atom stereocenters. The molecular formula is C18H25N3O7. The van der Waals surface area contributed by atoms with Crippen LogP contribution >= 0.6 is 0 Å². The van der Waals surface area contributed by atoms with Crippen molar-refractivity contribution < 1.29 is 28.7 Å². The highest BCUT2D eigenvalue weighted by atomic mass is 16.6. The summed E-state index contributed by atoms with van der Waals surface area (Å²) < 4.78 is 15.5. The maximum Gasteiger partial charge on any atom is 0.338 e. The molecule has 0 bridgehead atoms. The van der Waals surface area contributed by atoms with Gasteiger partial charge in [0.1, 0.15) is 5.69 Å². The second-order valence-corrected chi connectivity index (χ2v) is 6.54. The van der Waals surface area contributed by atoms with Crippen molar-refractivity contribution >= 4 is 23.3 Å². The van der Waals surface area contributed by atoms with Crippen LogP contribution < -0.4 is 5.32 Å². The number of benzene rings is 1. The number of morpholine rings is 1. The van der Waals surface area contributed by atoms with E-state index in [-0.39, 0.29) is 35.1 Å². The first-order valence-corrected chi connectivity index (χ1v) is 8.93. The molecule has 1 N–H and O–H groups in total. The Morgan fingerprint density at radius 3 is 2.61 bits per heavy atom. The smallest absolute Gasteiger partial charge is 0.338 e. The largest absolute Gasteiger partial charge is 0.452 e. The first kappa shape index (κ1) is 21.6. The second-order valence-electron chi connectivity index (χ2n) is 6.54. The monoisotopic (exact) mass is 395 g/mol. The number of esters is 1. The van der Waals surface area contributed by atoms with Crippen molar-refractivity contribution in [1.29, 1.82) is 0 Å². The summed E-state index contributed by atoms with van der Waals surface area (Å²) in [4.78, 5) is 36.8. The molecule has 1 aliphatic rings. The number of carbonyl (C=O) groups is 2. The Morgan fingerprint density at radius 1 is 1.32 bits per heavy atom. The number of hydrogen-bond donors (Lipinski definition) is 1. The highest BCUT2D eigenvalue weighted by molar-refractivity contribution is 5.93. The number of carbonyl (C=O) groups excluding carboxylic acids is 2. The molecule has 154 valence electrons. The molecule has 0 aromatic heterocycles. The van der Waals surface area contributed by atoms with Crippen LogP contribution in [0.4, 0.5) is 11.4 Å². The number of amides is 1. The SMILES string of the molecule is COCCNc1ccc(C(=O)OCC(=O)N2C[C@@H](C)O[C@@H](C)C2)cc1[N+](=O)[O-]. The van der Waals surface area contributed by atoms with Gasteiger partial charge < -0.3 is 24.4 Å². The zero-order valence-electron chi connectivity index (χ0n) is 16.2. The van der Waals surface area contributed by atoms with E-state index in [1.807, 2.05) is 13.8 Å². The van der Waals surface area contributed by atoms with Gasteiger partial charge in [-0.05, 0) is 26.0 Å². The van der Waals surface area contributed by atoms with E-state index in [1.54, 1.807) is 4.90 Å². The third-order valence-electron chi connectivity index (χ3n) is 4.15. The zero-order valence-corrected chi connectivity index (χ0v) is 16.2. The average molecular weight is 395 g/mol. The van der Waals surface area contributed by atoms with Gasteiger partial charge in [-0.1, -0.05) is 0 Å². The zero-order chi connectivity index (χ0) is 20.7. The van der Waals surface area contributed by atoms with E-state index in [0.29, 0.717) is 26.2 Å². The fourth-order valence-corrected chi connectivity index (χ4v) is 2.93. The lowest BCUT2D eigenvalue weighted by atomic mass is 10.1. The number of nitro benzene ring substituents is 1. The minimum absolute atomic E-state index is 0.000468. The topological polar surface area (TPSA) is 120 Å². The van der Waals surface area contributed by atoms with Gasteiger partial charge in [-0.2, -0.15) is 0 Å². The van der Waals surface area contributed by atoms with E-state index in [9.17, 15) is 19.7 Å². The van der Waals surface area contributed by atoms with E-state index in [0.717, 1.165) is 6.07 Å². The van der Waals surface area contributed by atoms with Gasteiger partial charge in [0.05, 0.1) is 29.3 Å². The average Bonchev–Trinajstić information content (AvgIpc) is 2.65. The molecule has 1 saturated heterocycles. The number of nitrogens with zero attached hydrogens (tertiary/aromatic N) is 2. The normalized spacial score (nSPS) is 19.2. The Hall–Kier alpha value is -2.72. The molecule has 1 aromatic rings. The predicted molar refractivity (Wildman–Crippen MR) is 100 cm³/mol. The Bertz CT molecular complexity index is 715. The van der Waals surface area contributed by atoms with Crippen LogP contribution in [-0.4, -0.2) is 73.9 Å². The number of hydrogen-bond acceptors (Lipinski definition) is 8. The van der Waals surface area contributed by atoms with E-state index in [2.05, 4.69) is 5.32 Å². The Labute approximate surface area is 162 Å². The fourth-order valence-electron chi connectivity index (χ4n) is 2.93. The minimum Gasteiger partial charge on any atom is -0.452 e. The van der Waals surface area contributed by atoms with Crippen molar-refractivity contribution in [2.24, 2.45) is 0 Å². The van der Waals surface area contributed by atoms with Crippen molar-refractivity contribution in [3.05, 3.63) is 33.9 Å². The van der Waals surface area contributed by atoms with E-state index >= 15 is 0 Å². The predicted octanol–water partition coefficient (Wildman–Crippen LogP) is 1.45. The van der Waals surface area contributed by atoms with Crippen LogP contribution in [0.15, 0.2) is 18.2 Å².